The summed E-state index contributed by atoms with van der Waals surface area (Å²) in [4.78, 5) is 0. The Morgan fingerprint density at radius 2 is 1.86 bits per heavy atom. The average Bonchev–Trinajstić information content (AvgIpc) is 2.49. The van der Waals surface area contributed by atoms with E-state index < -0.39 is 0 Å². The zero-order valence-corrected chi connectivity index (χ0v) is 12.4. The standard InChI is InChI=1S/C17H20FNO2/c1-19-12-13-11-14(18)7-8-15(13)16-5-3-4-6-17(16)21-10-9-20-2/h3-8,11,19H,9-10,12H2,1-2H3. The van der Waals surface area contributed by atoms with Crippen molar-refractivity contribution >= 4 is 0 Å². The van der Waals surface area contributed by atoms with Gasteiger partial charge in [0.1, 0.15) is 18.2 Å². The molecule has 0 spiro atoms. The number of halogens is 1. The number of methoxy groups -OCH3 is 1. The molecule has 0 heterocycles. The largest absolute Gasteiger partial charge is 0.491 e. The molecule has 4 heteroatoms. The lowest BCUT2D eigenvalue weighted by Crippen LogP contribution is -2.08. The second kappa shape index (κ2) is 7.76. The van der Waals surface area contributed by atoms with Crippen LogP contribution in [-0.4, -0.2) is 27.4 Å². The first-order valence-corrected chi connectivity index (χ1v) is 6.90. The van der Waals surface area contributed by atoms with Crippen LogP contribution in [-0.2, 0) is 11.3 Å². The molecule has 0 amide bonds. The summed E-state index contributed by atoms with van der Waals surface area (Å²) in [7, 11) is 3.48. The van der Waals surface area contributed by atoms with Crippen LogP contribution >= 0.6 is 0 Å². The highest BCUT2D eigenvalue weighted by Crippen LogP contribution is 2.32. The first-order valence-electron chi connectivity index (χ1n) is 6.90. The molecule has 2 aromatic carbocycles. The lowest BCUT2D eigenvalue weighted by atomic mass is 9.98. The molecule has 0 unspecified atom stereocenters. The highest BCUT2D eigenvalue weighted by Gasteiger charge is 2.11. The first kappa shape index (κ1) is 15.5. The Bertz CT molecular complexity index is 587. The minimum absolute atomic E-state index is 0.234. The van der Waals surface area contributed by atoms with Gasteiger partial charge in [-0.1, -0.05) is 24.3 Å². The number of hydrogen-bond donors (Lipinski definition) is 1. The van der Waals surface area contributed by atoms with Gasteiger partial charge in [0.15, 0.2) is 0 Å². The minimum Gasteiger partial charge on any atom is -0.491 e. The molecule has 0 atom stereocenters. The van der Waals surface area contributed by atoms with E-state index >= 15 is 0 Å². The summed E-state index contributed by atoms with van der Waals surface area (Å²) in [5.74, 6) is 0.542. The fourth-order valence-corrected chi connectivity index (χ4v) is 2.21. The molecule has 0 fully saturated rings. The third kappa shape index (κ3) is 4.03. The SMILES string of the molecule is CNCc1cc(F)ccc1-c1ccccc1OCCOC. The van der Waals surface area contributed by atoms with Crippen molar-refractivity contribution in [3.8, 4) is 16.9 Å². The van der Waals surface area contributed by atoms with Crippen molar-refractivity contribution in [3.63, 3.8) is 0 Å². The molecule has 0 aliphatic heterocycles. The Labute approximate surface area is 124 Å². The van der Waals surface area contributed by atoms with E-state index in [0.717, 1.165) is 22.4 Å². The molecule has 0 aromatic heterocycles. The summed E-state index contributed by atoms with van der Waals surface area (Å²) in [5.41, 5.74) is 2.83. The van der Waals surface area contributed by atoms with Crippen molar-refractivity contribution in [1.29, 1.82) is 0 Å². The van der Waals surface area contributed by atoms with Crippen molar-refractivity contribution in [3.05, 3.63) is 53.8 Å². The van der Waals surface area contributed by atoms with E-state index in [1.807, 2.05) is 31.3 Å². The van der Waals surface area contributed by atoms with Crippen molar-refractivity contribution in [2.45, 2.75) is 6.54 Å². The number of rotatable bonds is 7. The van der Waals surface area contributed by atoms with Gasteiger partial charge in [0, 0.05) is 19.2 Å². The highest BCUT2D eigenvalue weighted by atomic mass is 19.1. The maximum Gasteiger partial charge on any atom is 0.127 e. The Morgan fingerprint density at radius 3 is 2.62 bits per heavy atom. The minimum atomic E-state index is -0.234. The zero-order valence-electron chi connectivity index (χ0n) is 12.4. The summed E-state index contributed by atoms with van der Waals surface area (Å²) in [5, 5.41) is 3.07. The van der Waals surface area contributed by atoms with Gasteiger partial charge in [0.25, 0.3) is 0 Å². The van der Waals surface area contributed by atoms with Gasteiger partial charge in [-0.25, -0.2) is 4.39 Å². The molecule has 2 rings (SSSR count). The van der Waals surface area contributed by atoms with Crippen LogP contribution < -0.4 is 10.1 Å². The zero-order chi connectivity index (χ0) is 15.1. The van der Waals surface area contributed by atoms with Crippen molar-refractivity contribution in [2.75, 3.05) is 27.4 Å². The Kier molecular flexibility index (Phi) is 5.72. The van der Waals surface area contributed by atoms with Gasteiger partial charge in [-0.15, -0.1) is 0 Å². The molecule has 0 saturated heterocycles. The normalized spacial score (nSPS) is 10.6. The van der Waals surface area contributed by atoms with Gasteiger partial charge in [-0.2, -0.15) is 0 Å². The smallest absolute Gasteiger partial charge is 0.127 e. The number of hydrogen-bond acceptors (Lipinski definition) is 3. The summed E-state index contributed by atoms with van der Waals surface area (Å²) in [6, 6.07) is 12.6. The number of benzene rings is 2. The van der Waals surface area contributed by atoms with Crippen molar-refractivity contribution in [1.82, 2.24) is 5.32 Å². The molecule has 0 radical (unpaired) electrons. The predicted molar refractivity (Wildman–Crippen MR) is 82.0 cm³/mol. The van der Waals surface area contributed by atoms with Crippen LogP contribution in [0.25, 0.3) is 11.1 Å². The lowest BCUT2D eigenvalue weighted by molar-refractivity contribution is 0.146. The molecule has 21 heavy (non-hydrogen) atoms. The average molecular weight is 289 g/mol. The summed E-state index contributed by atoms with van der Waals surface area (Å²) < 4.78 is 24.2. The maximum absolute atomic E-state index is 13.5. The van der Waals surface area contributed by atoms with E-state index in [4.69, 9.17) is 9.47 Å². The number of para-hydroxylation sites is 1. The van der Waals surface area contributed by atoms with Crippen LogP contribution in [0.3, 0.4) is 0 Å². The fourth-order valence-electron chi connectivity index (χ4n) is 2.21. The van der Waals surface area contributed by atoms with E-state index in [-0.39, 0.29) is 5.82 Å². The van der Waals surface area contributed by atoms with Gasteiger partial charge < -0.3 is 14.8 Å². The molecule has 112 valence electrons. The van der Waals surface area contributed by atoms with Gasteiger partial charge in [-0.05, 0) is 36.4 Å². The summed E-state index contributed by atoms with van der Waals surface area (Å²) in [6.07, 6.45) is 0. The van der Waals surface area contributed by atoms with Gasteiger partial charge in [-0.3, -0.25) is 0 Å². The number of nitrogens with one attached hydrogen (secondary N) is 1. The molecule has 0 bridgehead atoms. The second-order valence-corrected chi connectivity index (χ2v) is 4.67. The van der Waals surface area contributed by atoms with Gasteiger partial charge >= 0.3 is 0 Å². The van der Waals surface area contributed by atoms with Crippen molar-refractivity contribution in [2.24, 2.45) is 0 Å². The maximum atomic E-state index is 13.5. The van der Waals surface area contributed by atoms with Crippen molar-refractivity contribution < 1.29 is 13.9 Å². The fraction of sp³-hybridized carbons (Fsp3) is 0.294. The van der Waals surface area contributed by atoms with E-state index in [9.17, 15) is 4.39 Å². The third-order valence-corrected chi connectivity index (χ3v) is 3.16. The number of ether oxygens (including phenoxy) is 2. The summed E-state index contributed by atoms with van der Waals surface area (Å²) in [6.45, 7) is 1.61. The first-order chi connectivity index (χ1) is 10.3. The lowest BCUT2D eigenvalue weighted by Gasteiger charge is -2.14. The van der Waals surface area contributed by atoms with E-state index in [2.05, 4.69) is 5.32 Å². The topological polar surface area (TPSA) is 30.5 Å². The Morgan fingerprint density at radius 1 is 1.05 bits per heavy atom. The third-order valence-electron chi connectivity index (χ3n) is 3.16. The van der Waals surface area contributed by atoms with Gasteiger partial charge in [0.05, 0.1) is 6.61 Å². The summed E-state index contributed by atoms with van der Waals surface area (Å²) >= 11 is 0. The van der Waals surface area contributed by atoms with E-state index in [1.165, 1.54) is 6.07 Å². The molecular weight excluding hydrogens is 269 g/mol. The highest BCUT2D eigenvalue weighted by molar-refractivity contribution is 5.73. The van der Waals surface area contributed by atoms with Crippen LogP contribution in [0.4, 0.5) is 4.39 Å². The predicted octanol–water partition coefficient (Wildman–Crippen LogP) is 3.24. The van der Waals surface area contributed by atoms with Crippen LogP contribution in [0, 0.1) is 5.82 Å². The van der Waals surface area contributed by atoms with E-state index in [1.54, 1.807) is 19.2 Å². The molecule has 0 saturated carbocycles. The Hall–Kier alpha value is -1.91. The van der Waals surface area contributed by atoms with Gasteiger partial charge in [0.2, 0.25) is 0 Å². The Balaban J connectivity index is 2.37. The monoisotopic (exact) mass is 289 g/mol. The molecule has 1 N–H and O–H groups in total. The van der Waals surface area contributed by atoms with Crippen LogP contribution in [0.2, 0.25) is 0 Å². The van der Waals surface area contributed by atoms with Crippen LogP contribution in [0.5, 0.6) is 5.75 Å². The van der Waals surface area contributed by atoms with E-state index in [0.29, 0.717) is 19.8 Å². The molecular formula is C17H20FNO2. The quantitative estimate of drug-likeness (QED) is 0.794. The van der Waals surface area contributed by atoms with Crippen LogP contribution in [0.15, 0.2) is 42.5 Å². The molecule has 0 aliphatic carbocycles. The van der Waals surface area contributed by atoms with Crippen LogP contribution in [0.1, 0.15) is 5.56 Å². The molecule has 0 aliphatic rings. The molecule has 3 nitrogen and oxygen atoms in total. The second-order valence-electron chi connectivity index (χ2n) is 4.67. The molecule has 2 aromatic rings.